The number of nitrogens with one attached hydrogen (secondary N) is 1. The highest BCUT2D eigenvalue weighted by Crippen LogP contribution is 2.23. The van der Waals surface area contributed by atoms with Gasteiger partial charge >= 0.3 is 0 Å². The molecule has 1 N–H and O–H groups in total. The molecule has 9 heteroatoms. The molecule has 0 aliphatic rings. The number of nitro benzene ring substituents is 1. The molecule has 0 fully saturated rings. The van der Waals surface area contributed by atoms with Crippen molar-refractivity contribution in [2.45, 2.75) is 32.1 Å². The number of anilines is 1. The first kappa shape index (κ1) is 16.8. The van der Waals surface area contributed by atoms with Crippen molar-refractivity contribution in [3.05, 3.63) is 51.5 Å². The van der Waals surface area contributed by atoms with E-state index in [0.29, 0.717) is 12.2 Å². The Morgan fingerprint density at radius 3 is 2.48 bits per heavy atom. The fourth-order valence-electron chi connectivity index (χ4n) is 2.10. The third-order valence-electron chi connectivity index (χ3n) is 3.15. The molecule has 0 aliphatic carbocycles. The first-order valence-electron chi connectivity index (χ1n) is 6.85. The maximum atomic E-state index is 12.5. The highest BCUT2D eigenvalue weighted by molar-refractivity contribution is 7.92. The summed E-state index contributed by atoms with van der Waals surface area (Å²) in [4.78, 5) is 18.4. The number of hydrogen-bond acceptors (Lipinski definition) is 6. The van der Waals surface area contributed by atoms with E-state index in [1.54, 1.807) is 13.0 Å². The number of hydrogen-bond donors (Lipinski definition) is 1. The average Bonchev–Trinajstić information content (AvgIpc) is 2.45. The summed E-state index contributed by atoms with van der Waals surface area (Å²) >= 11 is 0. The van der Waals surface area contributed by atoms with Crippen molar-refractivity contribution < 1.29 is 13.3 Å². The highest BCUT2D eigenvalue weighted by atomic mass is 32.2. The van der Waals surface area contributed by atoms with Gasteiger partial charge in [-0.1, -0.05) is 6.92 Å². The molecule has 1 aromatic carbocycles. The van der Waals surface area contributed by atoms with E-state index in [0.717, 1.165) is 11.8 Å². The number of benzene rings is 1. The predicted octanol–water partition coefficient (Wildman–Crippen LogP) is 2.36. The summed E-state index contributed by atoms with van der Waals surface area (Å²) in [6.45, 7) is 5.08. The van der Waals surface area contributed by atoms with Crippen LogP contribution in [0.25, 0.3) is 0 Å². The molecule has 0 atom stereocenters. The highest BCUT2D eigenvalue weighted by Gasteiger charge is 2.20. The zero-order chi connectivity index (χ0) is 17.2. The lowest BCUT2D eigenvalue weighted by Gasteiger charge is -2.11. The Bertz CT molecular complexity index is 865. The minimum Gasteiger partial charge on any atom is -0.263 e. The Hall–Kier alpha value is -2.55. The standard InChI is InChI=1S/C14H16N4O4S/c1-4-11-8-14(16-10(3)15-11)17-23(21,22)13-6-5-12(18(19)20)7-9(13)2/h5-8H,4H2,1-3H3,(H,15,16,17). The first-order valence-corrected chi connectivity index (χ1v) is 8.33. The fraction of sp³-hybridized carbons (Fsp3) is 0.286. The molecular weight excluding hydrogens is 320 g/mol. The van der Waals surface area contributed by atoms with E-state index in [1.807, 2.05) is 6.92 Å². The Morgan fingerprint density at radius 2 is 1.91 bits per heavy atom. The number of nitro groups is 1. The van der Waals surface area contributed by atoms with Crippen LogP contribution in [0.2, 0.25) is 0 Å². The lowest BCUT2D eigenvalue weighted by molar-refractivity contribution is -0.385. The zero-order valence-electron chi connectivity index (χ0n) is 12.9. The molecule has 0 aliphatic heterocycles. The van der Waals surface area contributed by atoms with Crippen molar-refractivity contribution in [1.82, 2.24) is 9.97 Å². The quantitative estimate of drug-likeness (QED) is 0.662. The molecule has 0 saturated carbocycles. The maximum absolute atomic E-state index is 12.5. The second-order valence-corrected chi connectivity index (χ2v) is 6.61. The largest absolute Gasteiger partial charge is 0.269 e. The van der Waals surface area contributed by atoms with Gasteiger partial charge < -0.3 is 0 Å². The van der Waals surface area contributed by atoms with Crippen LogP contribution in [0, 0.1) is 24.0 Å². The summed E-state index contributed by atoms with van der Waals surface area (Å²) in [6.07, 6.45) is 0.647. The number of rotatable bonds is 5. The average molecular weight is 336 g/mol. The van der Waals surface area contributed by atoms with Crippen LogP contribution < -0.4 is 4.72 Å². The molecule has 0 unspecified atom stereocenters. The van der Waals surface area contributed by atoms with E-state index in [-0.39, 0.29) is 22.0 Å². The van der Waals surface area contributed by atoms with Crippen molar-refractivity contribution in [2.75, 3.05) is 4.72 Å². The lowest BCUT2D eigenvalue weighted by Crippen LogP contribution is -2.16. The molecule has 122 valence electrons. The van der Waals surface area contributed by atoms with Crippen molar-refractivity contribution in [2.24, 2.45) is 0 Å². The van der Waals surface area contributed by atoms with Gasteiger partial charge in [0.25, 0.3) is 15.7 Å². The molecule has 2 aromatic rings. The monoisotopic (exact) mass is 336 g/mol. The minimum atomic E-state index is -3.89. The van der Waals surface area contributed by atoms with E-state index >= 15 is 0 Å². The first-order chi connectivity index (χ1) is 10.7. The van der Waals surface area contributed by atoms with Crippen molar-refractivity contribution in [1.29, 1.82) is 0 Å². The number of aromatic nitrogens is 2. The fourth-order valence-corrected chi connectivity index (χ4v) is 3.32. The van der Waals surface area contributed by atoms with Gasteiger partial charge in [0.1, 0.15) is 11.6 Å². The lowest BCUT2D eigenvalue weighted by atomic mass is 10.2. The van der Waals surface area contributed by atoms with Crippen molar-refractivity contribution in [3.8, 4) is 0 Å². The van der Waals surface area contributed by atoms with Crippen LogP contribution in [0.5, 0.6) is 0 Å². The molecule has 1 heterocycles. The van der Waals surface area contributed by atoms with Crippen molar-refractivity contribution in [3.63, 3.8) is 0 Å². The minimum absolute atomic E-state index is 0.0302. The number of aryl methyl sites for hydroxylation is 3. The molecule has 2 rings (SSSR count). The summed E-state index contributed by atoms with van der Waals surface area (Å²) in [5.74, 6) is 0.634. The zero-order valence-corrected chi connectivity index (χ0v) is 13.7. The van der Waals surface area contributed by atoms with Gasteiger partial charge in [-0.05, 0) is 31.9 Å². The molecule has 0 amide bonds. The van der Waals surface area contributed by atoms with E-state index in [4.69, 9.17) is 0 Å². The third kappa shape index (κ3) is 3.81. The molecule has 0 spiro atoms. The van der Waals surface area contributed by atoms with E-state index in [1.165, 1.54) is 19.1 Å². The molecule has 0 bridgehead atoms. The second-order valence-electron chi connectivity index (χ2n) is 4.96. The van der Waals surface area contributed by atoms with Crippen LogP contribution in [0.15, 0.2) is 29.2 Å². The van der Waals surface area contributed by atoms with Gasteiger partial charge in [-0.2, -0.15) is 0 Å². The Labute approximate surface area is 133 Å². The molecule has 8 nitrogen and oxygen atoms in total. The van der Waals surface area contributed by atoms with Crippen molar-refractivity contribution >= 4 is 21.5 Å². The van der Waals surface area contributed by atoms with Crippen LogP contribution >= 0.6 is 0 Å². The van der Waals surface area contributed by atoms with E-state index in [2.05, 4.69) is 14.7 Å². The van der Waals surface area contributed by atoms with Crippen LogP contribution in [-0.4, -0.2) is 23.3 Å². The van der Waals surface area contributed by atoms with Gasteiger partial charge in [0.05, 0.1) is 9.82 Å². The number of nitrogens with zero attached hydrogens (tertiary/aromatic N) is 3. The molecule has 1 aromatic heterocycles. The second kappa shape index (κ2) is 6.29. The SMILES string of the molecule is CCc1cc(NS(=O)(=O)c2ccc([N+](=O)[O-])cc2C)nc(C)n1. The third-order valence-corrected chi connectivity index (χ3v) is 4.67. The summed E-state index contributed by atoms with van der Waals surface area (Å²) in [7, 11) is -3.89. The van der Waals surface area contributed by atoms with Crippen LogP contribution in [0.3, 0.4) is 0 Å². The topological polar surface area (TPSA) is 115 Å². The van der Waals surface area contributed by atoms with Gasteiger partial charge in [0, 0.05) is 23.9 Å². The van der Waals surface area contributed by atoms with Gasteiger partial charge in [0.15, 0.2) is 0 Å². The smallest absolute Gasteiger partial charge is 0.263 e. The van der Waals surface area contributed by atoms with E-state index < -0.39 is 14.9 Å². The van der Waals surface area contributed by atoms with Gasteiger partial charge in [-0.3, -0.25) is 14.8 Å². The Kier molecular flexibility index (Phi) is 4.60. The summed E-state index contributed by atoms with van der Waals surface area (Å²) in [5, 5.41) is 10.7. The maximum Gasteiger partial charge on any atom is 0.269 e. The van der Waals surface area contributed by atoms with Gasteiger partial charge in [0.2, 0.25) is 0 Å². The molecular formula is C14H16N4O4S. The normalized spacial score (nSPS) is 11.3. The summed E-state index contributed by atoms with van der Waals surface area (Å²) in [5.41, 5.74) is 0.844. The van der Waals surface area contributed by atoms with Crippen LogP contribution in [-0.2, 0) is 16.4 Å². The number of non-ortho nitro benzene ring substituents is 1. The predicted molar refractivity (Wildman–Crippen MR) is 84.8 cm³/mol. The molecule has 23 heavy (non-hydrogen) atoms. The van der Waals surface area contributed by atoms with Gasteiger partial charge in [-0.15, -0.1) is 0 Å². The molecule has 0 saturated heterocycles. The van der Waals surface area contributed by atoms with Crippen LogP contribution in [0.4, 0.5) is 11.5 Å². The Balaban J connectivity index is 2.39. The van der Waals surface area contributed by atoms with Crippen LogP contribution in [0.1, 0.15) is 24.0 Å². The number of sulfonamides is 1. The van der Waals surface area contributed by atoms with E-state index in [9.17, 15) is 18.5 Å². The summed E-state index contributed by atoms with van der Waals surface area (Å²) in [6, 6.07) is 5.15. The van der Waals surface area contributed by atoms with Gasteiger partial charge in [-0.25, -0.2) is 18.4 Å². The summed E-state index contributed by atoms with van der Waals surface area (Å²) < 4.78 is 27.3. The molecule has 0 radical (unpaired) electrons. The Morgan fingerprint density at radius 1 is 1.22 bits per heavy atom.